The number of nitrogens with two attached hydrogens (primary N) is 1. The van der Waals surface area contributed by atoms with E-state index in [9.17, 15) is 23.1 Å². The minimum Gasteiger partial charge on any atom is -0.507 e. The molecule has 1 amide bonds. The molecule has 1 unspecified atom stereocenters. The summed E-state index contributed by atoms with van der Waals surface area (Å²) < 4.78 is 38.8. The Labute approximate surface area is 177 Å². The molecule has 1 aromatic carbocycles. The summed E-state index contributed by atoms with van der Waals surface area (Å²) in [6.07, 6.45) is -1.33. The lowest BCUT2D eigenvalue weighted by Crippen LogP contribution is -2.32. The van der Waals surface area contributed by atoms with E-state index in [-0.39, 0.29) is 40.5 Å². The second-order valence-corrected chi connectivity index (χ2v) is 7.91. The number of hydrogen-bond acceptors (Lipinski definition) is 6. The molecule has 1 aromatic heterocycles. The number of phenols is 1. The van der Waals surface area contributed by atoms with Crippen LogP contribution in [0.1, 0.15) is 37.1 Å². The van der Waals surface area contributed by atoms with Gasteiger partial charge in [-0.25, -0.2) is 9.97 Å². The fraction of sp³-hybridized carbons (Fsp3) is 0.429. The number of anilines is 1. The number of nitrogen functional groups attached to an aromatic ring is 1. The lowest BCUT2D eigenvalue weighted by molar-refractivity contribution is -0.137. The number of phenolic OH excluding ortho intramolecular Hbond substituents is 1. The van der Waals surface area contributed by atoms with Gasteiger partial charge in [0.2, 0.25) is 5.91 Å². The first-order valence-corrected chi connectivity index (χ1v) is 9.80. The molecule has 2 heterocycles. The van der Waals surface area contributed by atoms with Crippen molar-refractivity contribution < 1.29 is 23.1 Å². The maximum Gasteiger partial charge on any atom is 0.416 e. The first kappa shape index (κ1) is 22.5. The highest BCUT2D eigenvalue weighted by Crippen LogP contribution is 2.38. The van der Waals surface area contributed by atoms with Crippen LogP contribution in [0.3, 0.4) is 0 Å². The molecular formula is C21H24F3N5O2. The van der Waals surface area contributed by atoms with E-state index in [4.69, 9.17) is 5.73 Å². The minimum absolute atomic E-state index is 0.0336. The van der Waals surface area contributed by atoms with Gasteiger partial charge < -0.3 is 15.7 Å². The molecule has 0 radical (unpaired) electrons. The Hall–Kier alpha value is -3.17. The molecule has 1 fully saturated rings. The van der Waals surface area contributed by atoms with Crippen molar-refractivity contribution in [2.24, 2.45) is 10.9 Å². The van der Waals surface area contributed by atoms with Crippen molar-refractivity contribution in [3.05, 3.63) is 35.2 Å². The molecule has 10 heteroatoms. The normalized spacial score (nSPS) is 17.3. The van der Waals surface area contributed by atoms with Crippen LogP contribution in [0.15, 0.2) is 23.3 Å². The fourth-order valence-corrected chi connectivity index (χ4v) is 3.62. The fourth-order valence-electron chi connectivity index (χ4n) is 3.62. The molecule has 3 rings (SSSR count). The van der Waals surface area contributed by atoms with Crippen LogP contribution >= 0.6 is 0 Å². The van der Waals surface area contributed by atoms with E-state index in [1.807, 2.05) is 18.7 Å². The zero-order valence-corrected chi connectivity index (χ0v) is 17.4. The number of amides is 1. The Morgan fingerprint density at radius 2 is 2.10 bits per heavy atom. The average molecular weight is 435 g/mol. The number of aliphatic imine (C=N–C) groups is 1. The number of aromatic hydroxyl groups is 1. The smallest absolute Gasteiger partial charge is 0.416 e. The third-order valence-corrected chi connectivity index (χ3v) is 5.17. The van der Waals surface area contributed by atoms with Gasteiger partial charge in [-0.15, -0.1) is 0 Å². The summed E-state index contributed by atoms with van der Waals surface area (Å²) in [5.41, 5.74) is 5.79. The van der Waals surface area contributed by atoms with Crippen molar-refractivity contribution >= 4 is 17.9 Å². The maximum atomic E-state index is 12.9. The Morgan fingerprint density at radius 3 is 2.65 bits per heavy atom. The lowest BCUT2D eigenvalue weighted by atomic mass is 10.0. The molecule has 0 bridgehead atoms. The minimum atomic E-state index is -4.57. The lowest BCUT2D eigenvalue weighted by Gasteiger charge is -2.20. The van der Waals surface area contributed by atoms with Gasteiger partial charge in [0.15, 0.2) is 5.82 Å². The van der Waals surface area contributed by atoms with Crippen molar-refractivity contribution in [1.82, 2.24) is 14.9 Å². The van der Waals surface area contributed by atoms with Crippen LogP contribution in [-0.2, 0) is 11.0 Å². The highest BCUT2D eigenvalue weighted by molar-refractivity contribution is 5.84. The second kappa shape index (κ2) is 8.52. The van der Waals surface area contributed by atoms with E-state index in [0.29, 0.717) is 31.3 Å². The Balaban J connectivity index is 1.75. The van der Waals surface area contributed by atoms with Gasteiger partial charge in [-0.3, -0.25) is 9.79 Å². The Kier molecular flexibility index (Phi) is 6.19. The summed E-state index contributed by atoms with van der Waals surface area (Å²) in [7, 11) is 0. The van der Waals surface area contributed by atoms with Crippen molar-refractivity contribution in [1.29, 1.82) is 0 Å². The molecule has 1 saturated heterocycles. The number of benzene rings is 1. The highest BCUT2D eigenvalue weighted by Gasteiger charge is 2.32. The summed E-state index contributed by atoms with van der Waals surface area (Å²) in [6.45, 7) is 6.48. The van der Waals surface area contributed by atoms with Crippen molar-refractivity contribution in [3.63, 3.8) is 0 Å². The summed E-state index contributed by atoms with van der Waals surface area (Å²) in [5, 5.41) is 10.1. The number of likely N-dealkylation sites (tertiary alicyclic amines) is 1. The van der Waals surface area contributed by atoms with Crippen LogP contribution in [0.4, 0.5) is 19.0 Å². The number of aryl methyl sites for hydroxylation is 1. The molecule has 0 aliphatic carbocycles. The van der Waals surface area contributed by atoms with Gasteiger partial charge in [0.1, 0.15) is 11.4 Å². The number of carbonyl (C=O) groups is 1. The molecule has 3 N–H and O–H groups in total. The van der Waals surface area contributed by atoms with E-state index in [2.05, 4.69) is 15.0 Å². The first-order valence-electron chi connectivity index (χ1n) is 9.80. The predicted molar refractivity (Wildman–Crippen MR) is 111 cm³/mol. The third-order valence-electron chi connectivity index (χ3n) is 5.17. The number of hydrogen-bond donors (Lipinski definition) is 2. The summed E-state index contributed by atoms with van der Waals surface area (Å²) in [5.74, 6) is -0.286. The summed E-state index contributed by atoms with van der Waals surface area (Å²) in [6, 6.07) is 1.74. The first-order chi connectivity index (χ1) is 14.5. The van der Waals surface area contributed by atoms with E-state index in [0.717, 1.165) is 6.07 Å². The number of alkyl halides is 3. The van der Waals surface area contributed by atoms with Crippen molar-refractivity contribution in [2.75, 3.05) is 18.8 Å². The maximum absolute atomic E-state index is 12.9. The van der Waals surface area contributed by atoms with Gasteiger partial charge in [-0.05, 0) is 38.5 Å². The number of aromatic nitrogens is 2. The summed E-state index contributed by atoms with van der Waals surface area (Å²) >= 11 is 0. The van der Waals surface area contributed by atoms with Crippen molar-refractivity contribution in [2.45, 2.75) is 39.4 Å². The molecule has 1 aliphatic heterocycles. The monoisotopic (exact) mass is 435 g/mol. The quantitative estimate of drug-likeness (QED) is 0.700. The van der Waals surface area contributed by atoms with Gasteiger partial charge in [0, 0.05) is 37.0 Å². The Bertz CT molecular complexity index is 998. The zero-order valence-electron chi connectivity index (χ0n) is 17.4. The Morgan fingerprint density at radius 1 is 1.39 bits per heavy atom. The van der Waals surface area contributed by atoms with Gasteiger partial charge in [0.05, 0.1) is 23.7 Å². The van der Waals surface area contributed by atoms with Crippen LogP contribution in [0.25, 0.3) is 11.3 Å². The second-order valence-electron chi connectivity index (χ2n) is 7.91. The van der Waals surface area contributed by atoms with Crippen LogP contribution < -0.4 is 5.73 Å². The molecule has 1 aliphatic rings. The molecule has 0 saturated carbocycles. The highest BCUT2D eigenvalue weighted by atomic mass is 19.4. The number of nitrogens with zero attached hydrogens (tertiary/aromatic N) is 4. The van der Waals surface area contributed by atoms with Crippen LogP contribution in [-0.4, -0.2) is 51.2 Å². The predicted octanol–water partition coefficient (Wildman–Crippen LogP) is 3.43. The van der Waals surface area contributed by atoms with E-state index >= 15 is 0 Å². The van der Waals surface area contributed by atoms with E-state index in [1.54, 1.807) is 0 Å². The van der Waals surface area contributed by atoms with Gasteiger partial charge in [-0.2, -0.15) is 13.2 Å². The van der Waals surface area contributed by atoms with Gasteiger partial charge >= 0.3 is 6.18 Å². The standard InChI is InChI=1S/C21H24F3N5O2/c1-11(2)29-10-13(5-18(29)31)7-26-8-16-20(25)28-15(9-27-16)19-12(3)4-14(6-17(19)30)21(22,23)24/h4,6,8-9,11,13,30H,5,7,10H2,1-3H3,(H2,25,28). The van der Waals surface area contributed by atoms with E-state index < -0.39 is 17.5 Å². The zero-order chi connectivity index (χ0) is 22.9. The topological polar surface area (TPSA) is 105 Å². The van der Waals surface area contributed by atoms with Crippen molar-refractivity contribution in [3.8, 4) is 17.0 Å². The average Bonchev–Trinajstić information content (AvgIpc) is 3.03. The molecule has 2 aromatic rings. The van der Waals surface area contributed by atoms with Gasteiger partial charge in [0.25, 0.3) is 0 Å². The third kappa shape index (κ3) is 4.95. The van der Waals surface area contributed by atoms with E-state index in [1.165, 1.54) is 19.3 Å². The number of halogens is 3. The number of carbonyl (C=O) groups excluding carboxylic acids is 1. The van der Waals surface area contributed by atoms with Crippen LogP contribution in [0.5, 0.6) is 5.75 Å². The molecule has 1 atom stereocenters. The van der Waals surface area contributed by atoms with Crippen LogP contribution in [0.2, 0.25) is 0 Å². The molecule has 31 heavy (non-hydrogen) atoms. The molecular weight excluding hydrogens is 411 g/mol. The van der Waals surface area contributed by atoms with Gasteiger partial charge in [-0.1, -0.05) is 0 Å². The van der Waals surface area contributed by atoms with Crippen LogP contribution in [0, 0.1) is 12.8 Å². The number of rotatable bonds is 5. The molecule has 0 spiro atoms. The summed E-state index contributed by atoms with van der Waals surface area (Å²) in [4.78, 5) is 26.5. The largest absolute Gasteiger partial charge is 0.507 e. The SMILES string of the molecule is Cc1cc(C(F)(F)F)cc(O)c1-c1cnc(C=NCC2CC(=O)N(C(C)C)C2)c(N)n1. The molecule has 166 valence electrons. The molecule has 7 nitrogen and oxygen atoms in total.